The Bertz CT molecular complexity index is 948. The van der Waals surface area contributed by atoms with E-state index in [1.165, 1.54) is 5.56 Å². The van der Waals surface area contributed by atoms with Crippen molar-refractivity contribution in [1.82, 2.24) is 9.55 Å². The predicted molar refractivity (Wildman–Crippen MR) is 121 cm³/mol. The lowest BCUT2D eigenvalue weighted by atomic mass is 10.0. The van der Waals surface area contributed by atoms with Gasteiger partial charge < -0.3 is 23.5 Å². The number of para-hydroxylation sites is 1. The van der Waals surface area contributed by atoms with Gasteiger partial charge in [-0.15, -0.1) is 11.8 Å². The van der Waals surface area contributed by atoms with Crippen LogP contribution in [0.4, 0.5) is 0 Å². The van der Waals surface area contributed by atoms with Gasteiger partial charge in [0.1, 0.15) is 11.5 Å². The van der Waals surface area contributed by atoms with Crippen LogP contribution >= 0.6 is 11.8 Å². The molecule has 0 saturated carbocycles. The summed E-state index contributed by atoms with van der Waals surface area (Å²) < 4.78 is 25.6. The molecule has 1 fully saturated rings. The first-order chi connectivity index (χ1) is 15.2. The fraction of sp³-hybridized carbons (Fsp3) is 0.375. The van der Waals surface area contributed by atoms with E-state index in [1.54, 1.807) is 38.5 Å². The molecule has 1 aliphatic heterocycles. The Morgan fingerprint density at radius 2 is 1.97 bits per heavy atom. The van der Waals surface area contributed by atoms with E-state index in [4.69, 9.17) is 18.9 Å². The third-order valence-corrected chi connectivity index (χ3v) is 6.53. The van der Waals surface area contributed by atoms with Crippen molar-refractivity contribution in [3.05, 3.63) is 72.8 Å². The second-order valence-corrected chi connectivity index (χ2v) is 8.57. The number of ether oxygens (including phenoxy) is 4. The molecule has 2 aromatic carbocycles. The smallest absolute Gasteiger partial charge is 0.187 e. The maximum absolute atomic E-state index is 6.53. The van der Waals surface area contributed by atoms with Gasteiger partial charge in [0.25, 0.3) is 0 Å². The molecule has 0 bridgehead atoms. The summed E-state index contributed by atoms with van der Waals surface area (Å²) in [7, 11) is 3.38. The summed E-state index contributed by atoms with van der Waals surface area (Å²) in [5.74, 6) is 1.87. The Kier molecular flexibility index (Phi) is 7.17. The van der Waals surface area contributed by atoms with Gasteiger partial charge in [-0.25, -0.2) is 4.98 Å². The molecule has 6 nitrogen and oxygen atoms in total. The quantitative estimate of drug-likeness (QED) is 0.435. The molecule has 0 N–H and O–H groups in total. The number of rotatable bonds is 10. The Labute approximate surface area is 187 Å². The van der Waals surface area contributed by atoms with Crippen molar-refractivity contribution in [3.63, 3.8) is 0 Å². The van der Waals surface area contributed by atoms with E-state index >= 15 is 0 Å². The Morgan fingerprint density at radius 3 is 2.71 bits per heavy atom. The second kappa shape index (κ2) is 10.2. The normalized spacial score (nSPS) is 20.6. The van der Waals surface area contributed by atoms with Crippen molar-refractivity contribution in [2.45, 2.75) is 36.2 Å². The van der Waals surface area contributed by atoms with Gasteiger partial charge >= 0.3 is 0 Å². The summed E-state index contributed by atoms with van der Waals surface area (Å²) in [6.45, 7) is 1.18. The number of nitrogens with zero attached hydrogens (tertiary/aromatic N) is 2. The van der Waals surface area contributed by atoms with Crippen molar-refractivity contribution < 1.29 is 18.9 Å². The molecule has 0 amide bonds. The number of imidazole rings is 1. The first kappa shape index (κ1) is 21.7. The lowest BCUT2D eigenvalue weighted by molar-refractivity contribution is -0.180. The summed E-state index contributed by atoms with van der Waals surface area (Å²) in [6.07, 6.45) is 7.14. The van der Waals surface area contributed by atoms with E-state index in [-0.39, 0.29) is 6.10 Å². The van der Waals surface area contributed by atoms with Crippen LogP contribution in [-0.4, -0.2) is 48.0 Å². The molecule has 4 rings (SSSR count). The zero-order chi connectivity index (χ0) is 21.5. The predicted octanol–water partition coefficient (Wildman–Crippen LogP) is 4.44. The van der Waals surface area contributed by atoms with Crippen LogP contribution in [0.5, 0.6) is 11.5 Å². The van der Waals surface area contributed by atoms with Crippen LogP contribution in [0.2, 0.25) is 0 Å². The number of aromatic nitrogens is 2. The highest BCUT2D eigenvalue weighted by Gasteiger charge is 2.41. The minimum absolute atomic E-state index is 0.00861. The van der Waals surface area contributed by atoms with Crippen LogP contribution in [0.1, 0.15) is 12.0 Å². The molecule has 1 aromatic heterocycles. The zero-order valence-electron chi connectivity index (χ0n) is 17.9. The molecule has 1 saturated heterocycles. The van der Waals surface area contributed by atoms with Crippen molar-refractivity contribution >= 4 is 11.8 Å². The molecule has 3 aromatic rings. The summed E-state index contributed by atoms with van der Waals surface area (Å²) >= 11 is 1.73. The van der Waals surface area contributed by atoms with Crippen molar-refractivity contribution in [3.8, 4) is 11.5 Å². The standard InChI is InChI=1S/C24H28N2O4S/c1-27-20-9-7-19(8-10-20)11-12-24(17-26-14-13-25-18-26)29-15-21(30-24)16-31-23-6-4-3-5-22(23)28-2/h3-10,13-14,18,21H,11-12,15-17H2,1-2H3. The van der Waals surface area contributed by atoms with E-state index in [1.807, 2.05) is 41.1 Å². The SMILES string of the molecule is COc1ccc(CCC2(Cn3ccnc3)OCC(CSc3ccccc3OC)O2)cc1. The fourth-order valence-electron chi connectivity index (χ4n) is 3.70. The van der Waals surface area contributed by atoms with Gasteiger partial charge in [0.15, 0.2) is 5.79 Å². The van der Waals surface area contributed by atoms with Gasteiger partial charge in [-0.1, -0.05) is 24.3 Å². The first-order valence-corrected chi connectivity index (χ1v) is 11.3. The number of thioether (sulfide) groups is 1. The monoisotopic (exact) mass is 440 g/mol. The van der Waals surface area contributed by atoms with Crippen LogP contribution in [-0.2, 0) is 22.4 Å². The number of aryl methyl sites for hydroxylation is 1. The highest BCUT2D eigenvalue weighted by molar-refractivity contribution is 7.99. The van der Waals surface area contributed by atoms with Crippen LogP contribution in [0.3, 0.4) is 0 Å². The molecule has 1 aliphatic rings. The fourth-order valence-corrected chi connectivity index (χ4v) is 4.70. The first-order valence-electron chi connectivity index (χ1n) is 10.4. The Morgan fingerprint density at radius 1 is 1.13 bits per heavy atom. The lowest BCUT2D eigenvalue weighted by Gasteiger charge is -2.28. The van der Waals surface area contributed by atoms with Crippen molar-refractivity contribution in [2.75, 3.05) is 26.6 Å². The third-order valence-electron chi connectivity index (χ3n) is 5.34. The molecular formula is C24H28N2O4S. The Balaban J connectivity index is 1.41. The number of methoxy groups -OCH3 is 2. The van der Waals surface area contributed by atoms with Gasteiger partial charge in [0, 0.05) is 29.5 Å². The van der Waals surface area contributed by atoms with Crippen LogP contribution in [0, 0.1) is 0 Å². The maximum atomic E-state index is 6.53. The molecule has 2 unspecified atom stereocenters. The highest BCUT2D eigenvalue weighted by Crippen LogP contribution is 2.35. The summed E-state index contributed by atoms with van der Waals surface area (Å²) in [5, 5.41) is 0. The van der Waals surface area contributed by atoms with Gasteiger partial charge in [-0.2, -0.15) is 0 Å². The largest absolute Gasteiger partial charge is 0.497 e. The molecule has 164 valence electrons. The lowest BCUT2D eigenvalue weighted by Crippen LogP contribution is -2.37. The molecule has 0 aliphatic carbocycles. The van der Waals surface area contributed by atoms with Crippen LogP contribution < -0.4 is 9.47 Å². The molecule has 2 heterocycles. The Hall–Kier alpha value is -2.48. The third kappa shape index (κ3) is 5.61. The summed E-state index contributed by atoms with van der Waals surface area (Å²) in [4.78, 5) is 5.28. The average Bonchev–Trinajstić information content (AvgIpc) is 3.47. The van der Waals surface area contributed by atoms with E-state index in [2.05, 4.69) is 23.2 Å². The summed E-state index contributed by atoms with van der Waals surface area (Å²) in [6, 6.07) is 16.2. The zero-order valence-corrected chi connectivity index (χ0v) is 18.7. The van der Waals surface area contributed by atoms with E-state index in [9.17, 15) is 0 Å². The van der Waals surface area contributed by atoms with Gasteiger partial charge in [-0.3, -0.25) is 0 Å². The molecule has 0 radical (unpaired) electrons. The number of hydrogen-bond acceptors (Lipinski definition) is 6. The van der Waals surface area contributed by atoms with E-state index < -0.39 is 5.79 Å². The maximum Gasteiger partial charge on any atom is 0.187 e. The summed E-state index contributed by atoms with van der Waals surface area (Å²) in [5.41, 5.74) is 1.23. The van der Waals surface area contributed by atoms with Crippen molar-refractivity contribution in [1.29, 1.82) is 0 Å². The van der Waals surface area contributed by atoms with Crippen molar-refractivity contribution in [2.24, 2.45) is 0 Å². The molecule has 2 atom stereocenters. The molecule has 31 heavy (non-hydrogen) atoms. The van der Waals surface area contributed by atoms with Gasteiger partial charge in [0.05, 0.1) is 39.8 Å². The van der Waals surface area contributed by atoms with E-state index in [0.717, 1.165) is 35.0 Å². The minimum atomic E-state index is -0.674. The average molecular weight is 441 g/mol. The van der Waals surface area contributed by atoms with Crippen LogP contribution in [0.25, 0.3) is 0 Å². The highest BCUT2D eigenvalue weighted by atomic mass is 32.2. The number of benzene rings is 2. The molecular weight excluding hydrogens is 412 g/mol. The molecule has 0 spiro atoms. The topological polar surface area (TPSA) is 54.7 Å². The van der Waals surface area contributed by atoms with Gasteiger partial charge in [0.2, 0.25) is 0 Å². The minimum Gasteiger partial charge on any atom is -0.497 e. The molecule has 7 heteroatoms. The van der Waals surface area contributed by atoms with E-state index in [0.29, 0.717) is 13.2 Å². The second-order valence-electron chi connectivity index (χ2n) is 7.51. The van der Waals surface area contributed by atoms with Crippen LogP contribution in [0.15, 0.2) is 72.1 Å². The number of hydrogen-bond donors (Lipinski definition) is 0. The van der Waals surface area contributed by atoms with Gasteiger partial charge in [-0.05, 0) is 36.2 Å².